The minimum absolute atomic E-state index is 0.112. The van der Waals surface area contributed by atoms with Gasteiger partial charge in [0.2, 0.25) is 0 Å². The van der Waals surface area contributed by atoms with E-state index in [2.05, 4.69) is 42.8 Å². The lowest BCUT2D eigenvalue weighted by Gasteiger charge is -2.28. The molecule has 0 atom stereocenters. The van der Waals surface area contributed by atoms with Crippen LogP contribution in [0.25, 0.3) is 0 Å². The lowest BCUT2D eigenvalue weighted by Crippen LogP contribution is -2.34. The zero-order valence-electron chi connectivity index (χ0n) is 13.6. The van der Waals surface area contributed by atoms with Gasteiger partial charge in [-0.25, -0.2) is 0 Å². The third-order valence-electron chi connectivity index (χ3n) is 3.92. The SMILES string of the molecule is CCc1nnc(N(CC(C)C)C2CC2)c(C(=N)N)c1CC. The van der Waals surface area contributed by atoms with Crippen LogP contribution in [-0.4, -0.2) is 28.6 Å². The molecule has 0 saturated heterocycles. The van der Waals surface area contributed by atoms with Gasteiger partial charge in [0, 0.05) is 12.6 Å². The highest BCUT2D eigenvalue weighted by Gasteiger charge is 2.33. The van der Waals surface area contributed by atoms with E-state index < -0.39 is 0 Å². The van der Waals surface area contributed by atoms with Crippen molar-refractivity contribution in [2.45, 2.75) is 59.4 Å². The first-order valence-electron chi connectivity index (χ1n) is 7.98. The summed E-state index contributed by atoms with van der Waals surface area (Å²) >= 11 is 0. The van der Waals surface area contributed by atoms with Crippen molar-refractivity contribution >= 4 is 11.7 Å². The average Bonchev–Trinajstić information content (AvgIpc) is 3.27. The monoisotopic (exact) mass is 289 g/mol. The number of aromatic nitrogens is 2. The maximum absolute atomic E-state index is 8.01. The first-order valence-corrected chi connectivity index (χ1v) is 7.98. The summed E-state index contributed by atoms with van der Waals surface area (Å²) in [5.74, 6) is 1.47. The van der Waals surface area contributed by atoms with E-state index in [4.69, 9.17) is 11.1 Å². The highest BCUT2D eigenvalue weighted by molar-refractivity contribution is 6.01. The molecule has 5 heteroatoms. The number of hydrogen-bond donors (Lipinski definition) is 2. The van der Waals surface area contributed by atoms with Gasteiger partial charge in [-0.15, -0.1) is 5.10 Å². The first-order chi connectivity index (χ1) is 9.99. The number of nitrogens with one attached hydrogen (secondary N) is 1. The number of hydrogen-bond acceptors (Lipinski definition) is 4. The molecule has 1 saturated carbocycles. The van der Waals surface area contributed by atoms with Crippen LogP contribution in [0.2, 0.25) is 0 Å². The second kappa shape index (κ2) is 6.41. The Kier molecular flexibility index (Phi) is 4.80. The van der Waals surface area contributed by atoms with Crippen LogP contribution < -0.4 is 10.6 Å². The maximum atomic E-state index is 8.01. The zero-order valence-corrected chi connectivity index (χ0v) is 13.6. The number of amidine groups is 1. The lowest BCUT2D eigenvalue weighted by molar-refractivity contribution is 0.598. The Morgan fingerprint density at radius 1 is 1.29 bits per heavy atom. The zero-order chi connectivity index (χ0) is 15.6. The van der Waals surface area contributed by atoms with Crippen LogP contribution in [0.4, 0.5) is 5.82 Å². The molecule has 1 aliphatic carbocycles. The number of nitrogens with zero attached hydrogens (tertiary/aromatic N) is 3. The van der Waals surface area contributed by atoms with Crippen molar-refractivity contribution in [2.24, 2.45) is 11.7 Å². The van der Waals surface area contributed by atoms with Crippen LogP contribution in [-0.2, 0) is 12.8 Å². The molecule has 1 aliphatic rings. The molecule has 3 N–H and O–H groups in total. The fraction of sp³-hybridized carbons (Fsp3) is 0.688. The quantitative estimate of drug-likeness (QED) is 0.597. The third kappa shape index (κ3) is 3.34. The predicted octanol–water partition coefficient (Wildman–Crippen LogP) is 2.51. The van der Waals surface area contributed by atoms with E-state index in [0.29, 0.717) is 12.0 Å². The van der Waals surface area contributed by atoms with Gasteiger partial charge in [0.25, 0.3) is 0 Å². The van der Waals surface area contributed by atoms with Crippen LogP contribution in [0.15, 0.2) is 0 Å². The summed E-state index contributed by atoms with van der Waals surface area (Å²) in [5, 5.41) is 16.9. The smallest absolute Gasteiger partial charge is 0.162 e. The van der Waals surface area contributed by atoms with E-state index in [1.807, 2.05) is 0 Å². The van der Waals surface area contributed by atoms with Gasteiger partial charge in [0.1, 0.15) is 5.84 Å². The number of anilines is 1. The van der Waals surface area contributed by atoms with Crippen LogP contribution in [0.3, 0.4) is 0 Å². The van der Waals surface area contributed by atoms with E-state index in [0.717, 1.165) is 42.0 Å². The van der Waals surface area contributed by atoms with E-state index >= 15 is 0 Å². The van der Waals surface area contributed by atoms with Gasteiger partial charge in [0.05, 0.1) is 11.3 Å². The molecular formula is C16H27N5. The van der Waals surface area contributed by atoms with E-state index in [9.17, 15) is 0 Å². The van der Waals surface area contributed by atoms with E-state index in [1.54, 1.807) is 0 Å². The summed E-state index contributed by atoms with van der Waals surface area (Å²) in [4.78, 5) is 2.31. The molecule has 0 spiro atoms. The van der Waals surface area contributed by atoms with Crippen molar-refractivity contribution in [3.8, 4) is 0 Å². The molecule has 1 fully saturated rings. The van der Waals surface area contributed by atoms with Gasteiger partial charge in [0.15, 0.2) is 5.82 Å². The predicted molar refractivity (Wildman–Crippen MR) is 87.0 cm³/mol. The average molecular weight is 289 g/mol. The summed E-state index contributed by atoms with van der Waals surface area (Å²) in [6, 6.07) is 0.539. The van der Waals surface area contributed by atoms with Gasteiger partial charge in [-0.2, -0.15) is 5.10 Å². The Hall–Kier alpha value is -1.65. The lowest BCUT2D eigenvalue weighted by atomic mass is 10.0. The third-order valence-corrected chi connectivity index (χ3v) is 3.92. The molecule has 1 aromatic heterocycles. The molecule has 21 heavy (non-hydrogen) atoms. The molecule has 0 bridgehead atoms. The summed E-state index contributed by atoms with van der Waals surface area (Å²) in [7, 11) is 0. The fourth-order valence-electron chi connectivity index (χ4n) is 2.83. The van der Waals surface area contributed by atoms with Crippen LogP contribution in [0.5, 0.6) is 0 Å². The van der Waals surface area contributed by atoms with Crippen LogP contribution >= 0.6 is 0 Å². The number of nitrogen functional groups attached to an aromatic ring is 1. The first kappa shape index (κ1) is 15.7. The van der Waals surface area contributed by atoms with Crippen molar-refractivity contribution < 1.29 is 0 Å². The Labute approximate surface area is 127 Å². The summed E-state index contributed by atoms with van der Waals surface area (Å²) in [5.41, 5.74) is 8.75. The normalized spacial score (nSPS) is 14.5. The molecule has 0 aromatic carbocycles. The van der Waals surface area contributed by atoms with Crippen molar-refractivity contribution in [3.63, 3.8) is 0 Å². The summed E-state index contributed by atoms with van der Waals surface area (Å²) in [6.45, 7) is 9.51. The molecule has 0 aliphatic heterocycles. The van der Waals surface area contributed by atoms with Gasteiger partial charge in [-0.1, -0.05) is 27.7 Å². The molecule has 0 radical (unpaired) electrons. The van der Waals surface area contributed by atoms with Crippen LogP contribution in [0, 0.1) is 11.3 Å². The molecule has 0 unspecified atom stereocenters. The molecular weight excluding hydrogens is 262 g/mol. The number of aryl methyl sites for hydroxylation is 1. The van der Waals surface area contributed by atoms with E-state index in [-0.39, 0.29) is 5.84 Å². The highest BCUT2D eigenvalue weighted by atomic mass is 15.3. The molecule has 0 amide bonds. The van der Waals surface area contributed by atoms with Gasteiger partial charge in [-0.05, 0) is 37.2 Å². The molecule has 1 heterocycles. The Bertz CT molecular complexity index is 520. The molecule has 2 rings (SSSR count). The second-order valence-electron chi connectivity index (χ2n) is 6.22. The van der Waals surface area contributed by atoms with Crippen molar-refractivity contribution in [2.75, 3.05) is 11.4 Å². The van der Waals surface area contributed by atoms with Gasteiger partial charge < -0.3 is 10.6 Å². The molecule has 116 valence electrons. The standard InChI is InChI=1S/C16H27N5/c1-5-12-13(6-2)19-20-16(14(12)15(17)18)21(9-10(3)4)11-7-8-11/h10-11H,5-9H2,1-4H3,(H3,17,18). The second-order valence-corrected chi connectivity index (χ2v) is 6.22. The molecule has 1 aromatic rings. The van der Waals surface area contributed by atoms with Crippen LogP contribution in [0.1, 0.15) is 57.4 Å². The number of nitrogens with two attached hydrogens (primary N) is 1. The van der Waals surface area contributed by atoms with Gasteiger partial charge >= 0.3 is 0 Å². The minimum atomic E-state index is 0.112. The Morgan fingerprint density at radius 3 is 2.38 bits per heavy atom. The highest BCUT2D eigenvalue weighted by Crippen LogP contribution is 2.34. The molecule has 5 nitrogen and oxygen atoms in total. The summed E-state index contributed by atoms with van der Waals surface area (Å²) in [6.07, 6.45) is 4.05. The van der Waals surface area contributed by atoms with Crippen molar-refractivity contribution in [1.29, 1.82) is 5.41 Å². The number of rotatable bonds is 7. The Balaban J connectivity index is 2.53. The minimum Gasteiger partial charge on any atom is -0.384 e. The van der Waals surface area contributed by atoms with Crippen molar-refractivity contribution in [1.82, 2.24) is 10.2 Å². The topological polar surface area (TPSA) is 78.9 Å². The van der Waals surface area contributed by atoms with E-state index in [1.165, 1.54) is 12.8 Å². The Morgan fingerprint density at radius 2 is 1.95 bits per heavy atom. The van der Waals surface area contributed by atoms with Gasteiger partial charge in [-0.3, -0.25) is 5.41 Å². The maximum Gasteiger partial charge on any atom is 0.162 e. The largest absolute Gasteiger partial charge is 0.384 e. The van der Waals surface area contributed by atoms with Crippen molar-refractivity contribution in [3.05, 3.63) is 16.8 Å². The fourth-order valence-corrected chi connectivity index (χ4v) is 2.83. The summed E-state index contributed by atoms with van der Waals surface area (Å²) < 4.78 is 0.